The number of rotatable bonds is 4. The van der Waals surface area contributed by atoms with Gasteiger partial charge in [-0.3, -0.25) is 9.48 Å². The third-order valence-electron chi connectivity index (χ3n) is 3.40. The van der Waals surface area contributed by atoms with Gasteiger partial charge in [-0.2, -0.15) is 10.2 Å². The smallest absolute Gasteiger partial charge is 0.261 e. The van der Waals surface area contributed by atoms with Crippen molar-refractivity contribution in [1.29, 1.82) is 0 Å². The molecule has 1 amide bonds. The van der Waals surface area contributed by atoms with E-state index in [0.29, 0.717) is 0 Å². The largest absolute Gasteiger partial charge is 0.271 e. The summed E-state index contributed by atoms with van der Waals surface area (Å²) in [5.41, 5.74) is 7.30. The van der Waals surface area contributed by atoms with Gasteiger partial charge in [-0.05, 0) is 49.2 Å². The Kier molecular flexibility index (Phi) is 5.13. The van der Waals surface area contributed by atoms with Crippen LogP contribution in [0.5, 0.6) is 0 Å². The molecule has 116 valence electrons. The lowest BCUT2D eigenvalue weighted by Crippen LogP contribution is -2.25. The quantitative estimate of drug-likeness (QED) is 0.670. The average Bonchev–Trinajstić information content (AvgIpc) is 2.73. The van der Waals surface area contributed by atoms with Gasteiger partial charge in [-0.1, -0.05) is 29.8 Å². The van der Waals surface area contributed by atoms with E-state index in [9.17, 15) is 4.79 Å². The van der Waals surface area contributed by atoms with Gasteiger partial charge < -0.3 is 0 Å². The molecule has 0 aliphatic heterocycles. The number of aromatic nitrogens is 2. The molecule has 0 aliphatic rings. The van der Waals surface area contributed by atoms with E-state index in [1.165, 1.54) is 5.56 Å². The van der Waals surface area contributed by atoms with E-state index >= 15 is 0 Å². The second-order valence-corrected chi connectivity index (χ2v) is 6.03. The van der Waals surface area contributed by atoms with Gasteiger partial charge in [0.15, 0.2) is 0 Å². The van der Waals surface area contributed by atoms with Gasteiger partial charge in [0.2, 0.25) is 0 Å². The monoisotopic (exact) mass is 362 g/mol. The summed E-state index contributed by atoms with van der Waals surface area (Å²) in [6.07, 6.45) is 0. The van der Waals surface area contributed by atoms with Crippen LogP contribution in [0.15, 0.2) is 33.8 Å². The fraction of sp³-hybridized carbons (Fsp3) is 0.312. The molecule has 0 fully saturated rings. The molecule has 0 spiro atoms. The van der Waals surface area contributed by atoms with E-state index in [1.54, 1.807) is 4.68 Å². The predicted octanol–water partition coefficient (Wildman–Crippen LogP) is 3.11. The number of hydrogen-bond acceptors (Lipinski definition) is 3. The molecule has 0 saturated carbocycles. The molecule has 0 radical (unpaired) electrons. The van der Waals surface area contributed by atoms with Gasteiger partial charge in [0.05, 0.1) is 21.6 Å². The molecule has 2 aromatic rings. The highest BCUT2D eigenvalue weighted by Gasteiger charge is 2.11. The number of halogens is 1. The Bertz CT molecular complexity index is 716. The van der Waals surface area contributed by atoms with Gasteiger partial charge in [0, 0.05) is 0 Å². The first-order valence-corrected chi connectivity index (χ1v) is 7.77. The average molecular weight is 363 g/mol. The maximum atomic E-state index is 12.0. The van der Waals surface area contributed by atoms with Crippen LogP contribution >= 0.6 is 15.9 Å². The minimum absolute atomic E-state index is 0.142. The van der Waals surface area contributed by atoms with E-state index in [-0.39, 0.29) is 12.5 Å². The third kappa shape index (κ3) is 3.82. The lowest BCUT2D eigenvalue weighted by atomic mass is 10.1. The Morgan fingerprint density at radius 1 is 1.27 bits per heavy atom. The summed E-state index contributed by atoms with van der Waals surface area (Å²) in [6.45, 7) is 7.85. The lowest BCUT2D eigenvalue weighted by Gasteiger charge is -2.05. The molecule has 0 unspecified atom stereocenters. The normalized spacial score (nSPS) is 11.6. The van der Waals surface area contributed by atoms with Crippen molar-refractivity contribution >= 4 is 27.5 Å². The Hall–Kier alpha value is -1.95. The van der Waals surface area contributed by atoms with Crippen molar-refractivity contribution in [3.8, 4) is 0 Å². The van der Waals surface area contributed by atoms with E-state index < -0.39 is 0 Å². The van der Waals surface area contributed by atoms with Crippen LogP contribution in [0.3, 0.4) is 0 Å². The summed E-state index contributed by atoms with van der Waals surface area (Å²) in [7, 11) is 0. The summed E-state index contributed by atoms with van der Waals surface area (Å²) >= 11 is 3.45. The van der Waals surface area contributed by atoms with Gasteiger partial charge in [-0.25, -0.2) is 5.43 Å². The molecular formula is C16H19BrN4O. The molecule has 22 heavy (non-hydrogen) atoms. The number of benzene rings is 1. The number of amides is 1. The van der Waals surface area contributed by atoms with Crippen molar-refractivity contribution < 1.29 is 4.79 Å². The molecule has 1 aromatic heterocycles. The van der Waals surface area contributed by atoms with Crippen LogP contribution < -0.4 is 5.43 Å². The Labute approximate surface area is 138 Å². The second kappa shape index (κ2) is 6.87. The molecule has 6 heteroatoms. The van der Waals surface area contributed by atoms with Crippen molar-refractivity contribution in [3.05, 3.63) is 51.3 Å². The first kappa shape index (κ1) is 16.4. The fourth-order valence-electron chi connectivity index (χ4n) is 2.01. The lowest BCUT2D eigenvalue weighted by molar-refractivity contribution is -0.121. The fourth-order valence-corrected chi connectivity index (χ4v) is 2.29. The number of hydrogen-bond donors (Lipinski definition) is 1. The van der Waals surface area contributed by atoms with Crippen LogP contribution in [0.1, 0.15) is 29.4 Å². The highest BCUT2D eigenvalue weighted by atomic mass is 79.9. The summed E-state index contributed by atoms with van der Waals surface area (Å²) in [5, 5.41) is 8.45. The van der Waals surface area contributed by atoms with Crippen molar-refractivity contribution in [2.45, 2.75) is 34.2 Å². The molecule has 0 aliphatic carbocycles. The highest BCUT2D eigenvalue weighted by molar-refractivity contribution is 9.10. The van der Waals surface area contributed by atoms with Crippen molar-refractivity contribution in [1.82, 2.24) is 15.2 Å². The predicted molar refractivity (Wildman–Crippen MR) is 90.9 cm³/mol. The molecule has 0 bridgehead atoms. The van der Waals surface area contributed by atoms with E-state index in [4.69, 9.17) is 0 Å². The van der Waals surface area contributed by atoms with Crippen LogP contribution in [0, 0.1) is 20.8 Å². The highest BCUT2D eigenvalue weighted by Crippen LogP contribution is 2.19. The minimum Gasteiger partial charge on any atom is -0.271 e. The minimum atomic E-state index is -0.204. The maximum Gasteiger partial charge on any atom is 0.261 e. The van der Waals surface area contributed by atoms with Crippen LogP contribution in [-0.4, -0.2) is 21.4 Å². The zero-order valence-electron chi connectivity index (χ0n) is 13.1. The number of hydrazone groups is 1. The zero-order chi connectivity index (χ0) is 16.3. The van der Waals surface area contributed by atoms with Crippen LogP contribution in [0.4, 0.5) is 0 Å². The molecule has 0 saturated heterocycles. The van der Waals surface area contributed by atoms with Crippen molar-refractivity contribution in [2.24, 2.45) is 5.10 Å². The Morgan fingerprint density at radius 2 is 1.91 bits per heavy atom. The van der Waals surface area contributed by atoms with Gasteiger partial charge in [0.1, 0.15) is 6.54 Å². The first-order valence-electron chi connectivity index (χ1n) is 6.98. The summed E-state index contributed by atoms with van der Waals surface area (Å²) in [6, 6.07) is 8.00. The number of aryl methyl sites for hydroxylation is 2. The zero-order valence-corrected chi connectivity index (χ0v) is 14.7. The van der Waals surface area contributed by atoms with Gasteiger partial charge in [0.25, 0.3) is 5.91 Å². The van der Waals surface area contributed by atoms with E-state index in [0.717, 1.165) is 27.1 Å². The molecule has 0 atom stereocenters. The van der Waals surface area contributed by atoms with Crippen LogP contribution in [-0.2, 0) is 11.3 Å². The number of carbonyl (C=O) groups is 1. The van der Waals surface area contributed by atoms with Crippen LogP contribution in [0.2, 0.25) is 0 Å². The number of nitrogens with zero attached hydrogens (tertiary/aromatic N) is 3. The maximum absolute atomic E-state index is 12.0. The molecule has 2 rings (SSSR count). The van der Waals surface area contributed by atoms with E-state index in [2.05, 4.69) is 31.6 Å². The first-order chi connectivity index (χ1) is 10.4. The van der Waals surface area contributed by atoms with Gasteiger partial charge >= 0.3 is 0 Å². The van der Waals surface area contributed by atoms with Crippen molar-refractivity contribution in [3.63, 3.8) is 0 Å². The SMILES string of the molecule is CC(=NNC(=O)Cn1nc(C)c(Br)c1C)c1ccc(C)cc1. The van der Waals surface area contributed by atoms with Crippen LogP contribution in [0.25, 0.3) is 0 Å². The van der Waals surface area contributed by atoms with Crippen molar-refractivity contribution in [2.75, 3.05) is 0 Å². The molecule has 1 N–H and O–H groups in total. The summed E-state index contributed by atoms with van der Waals surface area (Å²) in [5.74, 6) is -0.204. The Morgan fingerprint density at radius 3 is 2.45 bits per heavy atom. The number of nitrogens with one attached hydrogen (secondary N) is 1. The second-order valence-electron chi connectivity index (χ2n) is 5.24. The third-order valence-corrected chi connectivity index (χ3v) is 4.55. The molecule has 1 aromatic carbocycles. The standard InChI is InChI=1S/C16H19BrN4O/c1-10-5-7-14(8-6-10)11(2)18-19-15(22)9-21-13(4)16(17)12(3)20-21/h5-8H,9H2,1-4H3,(H,19,22). The number of carbonyl (C=O) groups excluding carboxylic acids is 1. The molecular weight excluding hydrogens is 344 g/mol. The summed E-state index contributed by atoms with van der Waals surface area (Å²) in [4.78, 5) is 12.0. The molecule has 5 nitrogen and oxygen atoms in total. The Balaban J connectivity index is 2.01. The topological polar surface area (TPSA) is 59.3 Å². The van der Waals surface area contributed by atoms with E-state index in [1.807, 2.05) is 52.0 Å². The summed E-state index contributed by atoms with van der Waals surface area (Å²) < 4.78 is 2.59. The molecule has 1 heterocycles. The van der Waals surface area contributed by atoms with Gasteiger partial charge in [-0.15, -0.1) is 0 Å².